The molecule has 1 aromatic rings. The van der Waals surface area contributed by atoms with E-state index in [1.54, 1.807) is 12.1 Å². The molecule has 0 heterocycles. The Kier molecular flexibility index (Phi) is 6.30. The van der Waals surface area contributed by atoms with Gasteiger partial charge in [-0.15, -0.1) is 0 Å². The zero-order valence-corrected chi connectivity index (χ0v) is 14.3. The summed E-state index contributed by atoms with van der Waals surface area (Å²) in [6, 6.07) is 6.17. The topological polar surface area (TPSA) is 75.7 Å². The van der Waals surface area contributed by atoms with E-state index in [1.807, 2.05) is 27.7 Å². The van der Waals surface area contributed by atoms with Crippen LogP contribution >= 0.6 is 0 Å². The molecule has 6 heteroatoms. The maximum Gasteiger partial charge on any atom is 0.337 e. The van der Waals surface area contributed by atoms with Crippen molar-refractivity contribution in [3.63, 3.8) is 0 Å². The second kappa shape index (κ2) is 7.76. The molecule has 0 bridgehead atoms. The van der Waals surface area contributed by atoms with Crippen molar-refractivity contribution < 1.29 is 19.1 Å². The largest absolute Gasteiger partial charge is 0.465 e. The van der Waals surface area contributed by atoms with E-state index in [0.717, 1.165) is 0 Å². The highest BCUT2D eigenvalue weighted by Gasteiger charge is 2.20. The highest BCUT2D eigenvalue weighted by Crippen LogP contribution is 2.09. The van der Waals surface area contributed by atoms with Crippen molar-refractivity contribution in [2.24, 2.45) is 0 Å². The third kappa shape index (κ3) is 5.73. The van der Waals surface area contributed by atoms with Crippen molar-refractivity contribution in [2.45, 2.75) is 33.2 Å². The summed E-state index contributed by atoms with van der Waals surface area (Å²) < 4.78 is 4.62. The normalized spacial score (nSPS) is 10.8. The first-order valence-electron chi connectivity index (χ1n) is 7.46. The van der Waals surface area contributed by atoms with Crippen molar-refractivity contribution in [1.82, 2.24) is 10.2 Å². The van der Waals surface area contributed by atoms with E-state index in [2.05, 4.69) is 10.1 Å². The number of rotatable bonds is 5. The fourth-order valence-corrected chi connectivity index (χ4v) is 2.01. The molecule has 0 aliphatic rings. The maximum atomic E-state index is 12.5. The van der Waals surface area contributed by atoms with Crippen LogP contribution < -0.4 is 5.32 Å². The molecule has 1 rings (SSSR count). The molecule has 1 N–H and O–H groups in total. The molecule has 23 heavy (non-hydrogen) atoms. The Balaban J connectivity index is 2.80. The predicted molar refractivity (Wildman–Crippen MR) is 87.3 cm³/mol. The lowest BCUT2D eigenvalue weighted by atomic mass is 10.1. The minimum Gasteiger partial charge on any atom is -0.465 e. The van der Waals surface area contributed by atoms with E-state index in [1.165, 1.54) is 24.1 Å². The quantitative estimate of drug-likeness (QED) is 0.840. The Bertz CT molecular complexity index is 573. The first kappa shape index (κ1) is 18.7. The summed E-state index contributed by atoms with van der Waals surface area (Å²) in [6.07, 6.45) is 0. The molecule has 0 aliphatic heterocycles. The first-order chi connectivity index (χ1) is 10.7. The summed E-state index contributed by atoms with van der Waals surface area (Å²) in [5.74, 6) is -0.923. The number of amides is 2. The molecule has 0 saturated heterocycles. The number of hydrogen-bond acceptors (Lipinski definition) is 4. The van der Waals surface area contributed by atoms with Gasteiger partial charge >= 0.3 is 5.97 Å². The predicted octanol–water partition coefficient (Wildman–Crippen LogP) is 1.85. The Morgan fingerprint density at radius 3 is 2.04 bits per heavy atom. The molecule has 0 spiro atoms. The van der Waals surface area contributed by atoms with Gasteiger partial charge in [0.05, 0.1) is 19.2 Å². The lowest BCUT2D eigenvalue weighted by Crippen LogP contribution is -2.47. The molecule has 2 amide bonds. The Morgan fingerprint density at radius 1 is 1.09 bits per heavy atom. The Morgan fingerprint density at radius 2 is 1.61 bits per heavy atom. The number of hydrogen-bond donors (Lipinski definition) is 1. The van der Waals surface area contributed by atoms with Crippen molar-refractivity contribution in [3.05, 3.63) is 35.4 Å². The van der Waals surface area contributed by atoms with Crippen LogP contribution in [-0.2, 0) is 9.53 Å². The lowest BCUT2D eigenvalue weighted by molar-refractivity contribution is -0.123. The molecule has 0 radical (unpaired) electrons. The Hall–Kier alpha value is -2.37. The van der Waals surface area contributed by atoms with Gasteiger partial charge in [0.15, 0.2) is 0 Å². The number of esters is 1. The van der Waals surface area contributed by atoms with Crippen LogP contribution in [0.1, 0.15) is 48.4 Å². The minimum atomic E-state index is -0.457. The zero-order valence-electron chi connectivity index (χ0n) is 14.3. The molecular formula is C17H24N2O4. The molecule has 0 fully saturated rings. The first-order valence-corrected chi connectivity index (χ1v) is 7.46. The Labute approximate surface area is 136 Å². The molecule has 0 aromatic heterocycles. The smallest absolute Gasteiger partial charge is 0.337 e. The number of benzene rings is 1. The minimum absolute atomic E-state index is 0.00857. The number of carbonyl (C=O) groups excluding carboxylic acids is 3. The summed E-state index contributed by atoms with van der Waals surface area (Å²) >= 11 is 0. The molecule has 1 aromatic carbocycles. The van der Waals surface area contributed by atoms with Crippen molar-refractivity contribution >= 4 is 17.8 Å². The fourth-order valence-electron chi connectivity index (χ4n) is 2.01. The van der Waals surface area contributed by atoms with Gasteiger partial charge in [-0.25, -0.2) is 4.79 Å². The lowest BCUT2D eigenvalue weighted by Gasteiger charge is -2.25. The van der Waals surface area contributed by atoms with Gasteiger partial charge < -0.3 is 15.0 Å². The second-order valence-corrected chi connectivity index (χ2v) is 6.19. The summed E-state index contributed by atoms with van der Waals surface area (Å²) in [5.41, 5.74) is 0.447. The summed E-state index contributed by atoms with van der Waals surface area (Å²) in [7, 11) is 1.30. The van der Waals surface area contributed by atoms with Crippen LogP contribution in [0.5, 0.6) is 0 Å². The number of likely N-dealkylation sites (N-methyl/N-ethyl adjacent to an activating group) is 1. The third-order valence-electron chi connectivity index (χ3n) is 3.07. The molecular weight excluding hydrogens is 296 g/mol. The van der Waals surface area contributed by atoms with E-state index in [0.29, 0.717) is 17.7 Å². The van der Waals surface area contributed by atoms with E-state index in [9.17, 15) is 14.4 Å². The van der Waals surface area contributed by atoms with Gasteiger partial charge in [0.25, 0.3) is 5.91 Å². The summed E-state index contributed by atoms with van der Waals surface area (Å²) in [5, 5.41) is 2.83. The van der Waals surface area contributed by atoms with Crippen molar-refractivity contribution in [3.8, 4) is 0 Å². The number of ether oxygens (including phenoxy) is 1. The SMILES string of the molecule is CCN(CC(=O)NC(C)(C)C)C(=O)c1ccc(C(=O)OC)cc1. The molecule has 6 nitrogen and oxygen atoms in total. The molecule has 126 valence electrons. The van der Waals surface area contributed by atoms with Gasteiger partial charge in [0.1, 0.15) is 0 Å². The van der Waals surface area contributed by atoms with Crippen LogP contribution in [0.4, 0.5) is 0 Å². The third-order valence-corrected chi connectivity index (χ3v) is 3.07. The van der Waals surface area contributed by atoms with Gasteiger partial charge in [-0.05, 0) is 52.0 Å². The van der Waals surface area contributed by atoms with E-state index in [-0.39, 0.29) is 23.9 Å². The average molecular weight is 320 g/mol. The maximum absolute atomic E-state index is 12.5. The number of carbonyl (C=O) groups is 3. The second-order valence-electron chi connectivity index (χ2n) is 6.19. The number of nitrogens with one attached hydrogen (secondary N) is 1. The molecule has 0 atom stereocenters. The highest BCUT2D eigenvalue weighted by molar-refractivity contribution is 5.98. The van der Waals surface area contributed by atoms with Crippen LogP contribution in [0.3, 0.4) is 0 Å². The number of methoxy groups -OCH3 is 1. The van der Waals surface area contributed by atoms with Gasteiger partial charge in [-0.2, -0.15) is 0 Å². The van der Waals surface area contributed by atoms with Crippen LogP contribution in [-0.4, -0.2) is 48.4 Å². The standard InChI is InChI=1S/C17H24N2O4/c1-6-19(11-14(20)18-17(2,3)4)15(21)12-7-9-13(10-8-12)16(22)23-5/h7-10H,6,11H2,1-5H3,(H,18,20). The molecule has 0 aliphatic carbocycles. The van der Waals surface area contributed by atoms with Gasteiger partial charge in [0.2, 0.25) is 5.91 Å². The number of nitrogens with zero attached hydrogens (tertiary/aromatic N) is 1. The fraction of sp³-hybridized carbons (Fsp3) is 0.471. The van der Waals surface area contributed by atoms with Crippen molar-refractivity contribution in [1.29, 1.82) is 0 Å². The van der Waals surface area contributed by atoms with Gasteiger partial charge in [0, 0.05) is 17.6 Å². The van der Waals surface area contributed by atoms with Crippen LogP contribution in [0.2, 0.25) is 0 Å². The van der Waals surface area contributed by atoms with Crippen LogP contribution in [0.15, 0.2) is 24.3 Å². The summed E-state index contributed by atoms with van der Waals surface area (Å²) in [6.45, 7) is 7.86. The molecule has 0 saturated carbocycles. The monoisotopic (exact) mass is 320 g/mol. The zero-order chi connectivity index (χ0) is 17.6. The molecule has 0 unspecified atom stereocenters. The van der Waals surface area contributed by atoms with Crippen LogP contribution in [0.25, 0.3) is 0 Å². The van der Waals surface area contributed by atoms with Gasteiger partial charge in [-0.3, -0.25) is 9.59 Å². The van der Waals surface area contributed by atoms with Gasteiger partial charge in [-0.1, -0.05) is 0 Å². The van der Waals surface area contributed by atoms with Crippen LogP contribution in [0, 0.1) is 0 Å². The summed E-state index contributed by atoms with van der Waals surface area (Å²) in [4.78, 5) is 37.3. The van der Waals surface area contributed by atoms with E-state index < -0.39 is 5.97 Å². The average Bonchev–Trinajstić information content (AvgIpc) is 2.49. The van der Waals surface area contributed by atoms with E-state index >= 15 is 0 Å². The van der Waals surface area contributed by atoms with Crippen molar-refractivity contribution in [2.75, 3.05) is 20.2 Å². The van der Waals surface area contributed by atoms with E-state index in [4.69, 9.17) is 0 Å². The highest BCUT2D eigenvalue weighted by atomic mass is 16.5.